The number of aromatic nitrogens is 1. The third kappa shape index (κ3) is 5.19. The zero-order chi connectivity index (χ0) is 41.1. The molecule has 0 radical (unpaired) electrons. The summed E-state index contributed by atoms with van der Waals surface area (Å²) < 4.78 is 2.67. The van der Waals surface area contributed by atoms with Gasteiger partial charge < -0.3 is 14.2 Å². The van der Waals surface area contributed by atoms with E-state index in [0.717, 1.165) is 12.8 Å². The Morgan fingerprint density at radius 1 is 0.593 bits per heavy atom. The lowest BCUT2D eigenvalue weighted by Gasteiger charge is -2.32. The summed E-state index contributed by atoms with van der Waals surface area (Å²) in [5, 5.41) is 4.17. The molecule has 4 aliphatic rings. The minimum Gasteiger partial charge on any atom is -0.316 e. The Hall–Kier alpha value is -5.54. The average Bonchev–Trinajstić information content (AvgIpc) is 3.90. The van der Waals surface area contributed by atoms with Gasteiger partial charge in [-0.15, -0.1) is 0 Å². The zero-order valence-electron chi connectivity index (χ0n) is 36.8. The quantitative estimate of drug-likeness (QED) is 0.177. The molecular formula is C56H57N3. The monoisotopic (exact) mass is 771 g/mol. The van der Waals surface area contributed by atoms with Crippen LogP contribution in [0.4, 0.5) is 22.7 Å². The predicted molar refractivity (Wildman–Crippen MR) is 251 cm³/mol. The molecule has 0 N–H and O–H groups in total. The van der Waals surface area contributed by atoms with E-state index in [9.17, 15) is 0 Å². The SMILES string of the molecule is Cc1cccc(C)c1N(c1ccccc1)c1ccc2c(c1)N1C3=Cc4c(n5c6ccc(C(C)(C)C)cc6c6cc(C(C)(C)C)cc4c65)CC3C3=C1C2CC(C(C)(C)C)=C3. The number of hydrogen-bond donors (Lipinski definition) is 0. The number of benzene rings is 5. The van der Waals surface area contributed by atoms with Gasteiger partial charge in [-0.05, 0) is 125 Å². The van der Waals surface area contributed by atoms with Crippen LogP contribution in [0.3, 0.4) is 0 Å². The van der Waals surface area contributed by atoms with Crippen molar-refractivity contribution >= 4 is 56.0 Å². The second-order valence-corrected chi connectivity index (χ2v) is 21.2. The summed E-state index contributed by atoms with van der Waals surface area (Å²) in [5.74, 6) is 0.636. The van der Waals surface area contributed by atoms with Gasteiger partial charge in [-0.3, -0.25) is 0 Å². The third-order valence-corrected chi connectivity index (χ3v) is 14.3. The van der Waals surface area contributed by atoms with Crippen molar-refractivity contribution in [3.05, 3.63) is 165 Å². The minimum absolute atomic E-state index is 0.0220. The number of fused-ring (bicyclic) bond motifs is 12. The van der Waals surface area contributed by atoms with Crippen LogP contribution in [-0.4, -0.2) is 4.40 Å². The molecule has 2 aliphatic carbocycles. The summed E-state index contributed by atoms with van der Waals surface area (Å²) in [4.78, 5) is 5.21. The third-order valence-electron chi connectivity index (χ3n) is 14.3. The summed E-state index contributed by atoms with van der Waals surface area (Å²) >= 11 is 0. The molecule has 2 aromatic heterocycles. The lowest BCUT2D eigenvalue weighted by atomic mass is 9.72. The Labute approximate surface area is 350 Å². The van der Waals surface area contributed by atoms with Gasteiger partial charge in [0.1, 0.15) is 0 Å². The van der Waals surface area contributed by atoms with E-state index in [2.05, 4.69) is 200 Å². The molecule has 2 aliphatic heterocycles. The maximum absolute atomic E-state index is 2.73. The maximum Gasteiger partial charge on any atom is 0.0617 e. The van der Waals surface area contributed by atoms with Crippen LogP contribution in [-0.2, 0) is 17.3 Å². The summed E-state index contributed by atoms with van der Waals surface area (Å²) in [6.07, 6.45) is 7.31. The lowest BCUT2D eigenvalue weighted by molar-refractivity contribution is 0.468. The first-order valence-corrected chi connectivity index (χ1v) is 21.9. The smallest absolute Gasteiger partial charge is 0.0617 e. The minimum atomic E-state index is 0.0220. The number of allylic oxidation sites excluding steroid dienone is 4. The van der Waals surface area contributed by atoms with Gasteiger partial charge in [0.2, 0.25) is 0 Å². The van der Waals surface area contributed by atoms with Gasteiger partial charge in [0, 0.05) is 68.4 Å². The highest BCUT2D eigenvalue weighted by Crippen LogP contribution is 2.62. The van der Waals surface area contributed by atoms with Crippen molar-refractivity contribution in [1.82, 2.24) is 4.40 Å². The van der Waals surface area contributed by atoms with Crippen molar-refractivity contribution in [3.63, 3.8) is 0 Å². The summed E-state index contributed by atoms with van der Waals surface area (Å²) in [5.41, 5.74) is 23.6. The molecule has 3 nitrogen and oxygen atoms in total. The second-order valence-electron chi connectivity index (χ2n) is 21.2. The topological polar surface area (TPSA) is 10.9 Å². The molecule has 11 rings (SSSR count). The van der Waals surface area contributed by atoms with E-state index in [1.165, 1.54) is 106 Å². The molecular weight excluding hydrogens is 715 g/mol. The average molecular weight is 772 g/mol. The molecule has 296 valence electrons. The van der Waals surface area contributed by atoms with Crippen molar-refractivity contribution in [2.75, 3.05) is 9.80 Å². The van der Waals surface area contributed by atoms with Crippen LogP contribution in [0.15, 0.2) is 126 Å². The first-order valence-electron chi connectivity index (χ1n) is 21.9. The van der Waals surface area contributed by atoms with E-state index in [-0.39, 0.29) is 16.2 Å². The van der Waals surface area contributed by atoms with Crippen LogP contribution >= 0.6 is 0 Å². The van der Waals surface area contributed by atoms with Gasteiger partial charge >= 0.3 is 0 Å². The van der Waals surface area contributed by atoms with E-state index in [1.54, 1.807) is 5.57 Å². The molecule has 2 unspecified atom stereocenters. The molecule has 2 atom stereocenters. The van der Waals surface area contributed by atoms with Crippen molar-refractivity contribution in [2.45, 2.75) is 106 Å². The fraction of sp³-hybridized carbons (Fsp3) is 0.321. The van der Waals surface area contributed by atoms with Gasteiger partial charge in [0.15, 0.2) is 0 Å². The highest BCUT2D eigenvalue weighted by atomic mass is 15.2. The van der Waals surface area contributed by atoms with Crippen molar-refractivity contribution < 1.29 is 0 Å². The van der Waals surface area contributed by atoms with Gasteiger partial charge in [-0.25, -0.2) is 0 Å². The molecule has 0 fully saturated rings. The molecule has 3 heteroatoms. The maximum atomic E-state index is 2.73. The van der Waals surface area contributed by atoms with Gasteiger partial charge in [-0.2, -0.15) is 0 Å². The molecule has 0 amide bonds. The van der Waals surface area contributed by atoms with Crippen LogP contribution in [0.1, 0.15) is 114 Å². The fourth-order valence-corrected chi connectivity index (χ4v) is 11.1. The summed E-state index contributed by atoms with van der Waals surface area (Å²) in [6.45, 7) is 25.8. The van der Waals surface area contributed by atoms with Crippen LogP contribution in [0.5, 0.6) is 0 Å². The molecule has 0 saturated carbocycles. The first-order chi connectivity index (χ1) is 28.0. The van der Waals surface area contributed by atoms with E-state index >= 15 is 0 Å². The van der Waals surface area contributed by atoms with Crippen LogP contribution in [0.2, 0.25) is 0 Å². The Kier molecular flexibility index (Phi) is 7.45. The Morgan fingerprint density at radius 2 is 1.29 bits per heavy atom. The highest BCUT2D eigenvalue weighted by molar-refractivity contribution is 6.17. The molecule has 0 saturated heterocycles. The number of hydrogen-bond acceptors (Lipinski definition) is 2. The van der Waals surface area contributed by atoms with E-state index in [4.69, 9.17) is 0 Å². The molecule has 0 spiro atoms. The highest BCUT2D eigenvalue weighted by Gasteiger charge is 2.50. The fourth-order valence-electron chi connectivity index (χ4n) is 11.1. The molecule has 59 heavy (non-hydrogen) atoms. The van der Waals surface area contributed by atoms with Gasteiger partial charge in [0.05, 0.1) is 22.4 Å². The lowest BCUT2D eigenvalue weighted by Crippen LogP contribution is -2.21. The van der Waals surface area contributed by atoms with Crippen LogP contribution in [0.25, 0.3) is 33.3 Å². The Balaban J connectivity index is 1.16. The van der Waals surface area contributed by atoms with Crippen LogP contribution in [0, 0.1) is 25.2 Å². The van der Waals surface area contributed by atoms with Gasteiger partial charge in [0.25, 0.3) is 0 Å². The largest absolute Gasteiger partial charge is 0.316 e. The predicted octanol–water partition coefficient (Wildman–Crippen LogP) is 15.1. The number of rotatable bonds is 3. The summed E-state index contributed by atoms with van der Waals surface area (Å²) in [7, 11) is 0. The van der Waals surface area contributed by atoms with Crippen molar-refractivity contribution in [2.24, 2.45) is 11.3 Å². The van der Waals surface area contributed by atoms with E-state index in [0.29, 0.717) is 11.8 Å². The van der Waals surface area contributed by atoms with E-state index in [1.807, 2.05) is 0 Å². The van der Waals surface area contributed by atoms with Gasteiger partial charge in [-0.1, -0.05) is 122 Å². The Bertz CT molecular complexity index is 3000. The van der Waals surface area contributed by atoms with E-state index < -0.39 is 0 Å². The number of aryl methyl sites for hydroxylation is 2. The number of para-hydroxylation sites is 2. The first kappa shape index (κ1) is 36.5. The number of nitrogens with zero attached hydrogens (tertiary/aromatic N) is 3. The normalized spacial score (nSPS) is 18.7. The zero-order valence-corrected chi connectivity index (χ0v) is 36.8. The molecule has 7 aromatic rings. The number of anilines is 4. The summed E-state index contributed by atoms with van der Waals surface area (Å²) in [6, 6.07) is 37.3. The standard InChI is InChI=1S/C56H57N3/c1-32-16-15-17-33(2)51(32)57(37-18-13-12-14-19-37)38-21-22-39-43-25-35(55(6,7)8)27-45-42-30-49-41(31-50(42)59(52(43)45)48(39)29-38)46-28-36(56(9,10)11)26-44-40-24-34(54(3,4)5)20-23-47(40)58(49)53(44)46/h12-24,26-29,31,42-43H,25,30H2,1-11H3. The van der Waals surface area contributed by atoms with Crippen molar-refractivity contribution in [3.8, 4) is 0 Å². The molecule has 5 aromatic carbocycles. The Morgan fingerprint density at radius 3 is 1.98 bits per heavy atom. The second kappa shape index (κ2) is 12.0. The van der Waals surface area contributed by atoms with Crippen LogP contribution < -0.4 is 9.80 Å². The molecule has 4 heterocycles. The van der Waals surface area contributed by atoms with Crippen molar-refractivity contribution in [1.29, 1.82) is 0 Å². The molecule has 0 bridgehead atoms.